The van der Waals surface area contributed by atoms with E-state index in [0.717, 1.165) is 13.0 Å². The molecule has 0 aliphatic heterocycles. The molecule has 1 atom stereocenters. The summed E-state index contributed by atoms with van der Waals surface area (Å²) in [6.07, 6.45) is 0.988. The fraction of sp³-hybridized carbons (Fsp3) is 0.917. The summed E-state index contributed by atoms with van der Waals surface area (Å²) in [6, 6.07) is -0.161. The molecule has 96 valence electrons. The van der Waals surface area contributed by atoms with Gasteiger partial charge in [0.1, 0.15) is 0 Å². The van der Waals surface area contributed by atoms with Crippen LogP contribution < -0.4 is 5.32 Å². The Bertz CT molecular complexity index is 189. The highest BCUT2D eigenvalue weighted by atomic mass is 16.3. The molecule has 0 aliphatic carbocycles. The van der Waals surface area contributed by atoms with Gasteiger partial charge in [-0.2, -0.15) is 0 Å². The fourth-order valence-electron chi connectivity index (χ4n) is 1.53. The predicted octanol–water partition coefficient (Wildman–Crippen LogP) is 0.851. The molecule has 4 nitrogen and oxygen atoms in total. The summed E-state index contributed by atoms with van der Waals surface area (Å²) < 4.78 is 0. The van der Waals surface area contributed by atoms with Crippen molar-refractivity contribution >= 4 is 5.91 Å². The first kappa shape index (κ1) is 15.4. The summed E-state index contributed by atoms with van der Waals surface area (Å²) in [5, 5.41) is 11.9. The third-order valence-electron chi connectivity index (χ3n) is 2.51. The molecule has 0 bridgehead atoms. The van der Waals surface area contributed by atoms with Crippen molar-refractivity contribution in [2.24, 2.45) is 5.92 Å². The van der Waals surface area contributed by atoms with Gasteiger partial charge in [-0.05, 0) is 25.8 Å². The zero-order valence-electron chi connectivity index (χ0n) is 11.0. The normalized spacial score (nSPS) is 13.2. The van der Waals surface area contributed by atoms with Crippen molar-refractivity contribution in [3.05, 3.63) is 0 Å². The lowest BCUT2D eigenvalue weighted by Crippen LogP contribution is -2.47. The zero-order chi connectivity index (χ0) is 12.6. The van der Waals surface area contributed by atoms with Crippen LogP contribution in [0.25, 0.3) is 0 Å². The van der Waals surface area contributed by atoms with Crippen molar-refractivity contribution in [1.29, 1.82) is 0 Å². The van der Waals surface area contributed by atoms with Crippen molar-refractivity contribution in [3.63, 3.8) is 0 Å². The average molecular weight is 230 g/mol. The molecule has 0 radical (unpaired) electrons. The van der Waals surface area contributed by atoms with Gasteiger partial charge in [0.05, 0.1) is 12.6 Å². The number of aliphatic hydroxyl groups excluding tert-OH is 1. The van der Waals surface area contributed by atoms with E-state index in [0.29, 0.717) is 19.0 Å². The van der Waals surface area contributed by atoms with Gasteiger partial charge in [-0.15, -0.1) is 0 Å². The summed E-state index contributed by atoms with van der Waals surface area (Å²) >= 11 is 0. The van der Waals surface area contributed by atoms with E-state index in [4.69, 9.17) is 5.11 Å². The molecule has 4 heteroatoms. The Morgan fingerprint density at radius 1 is 1.31 bits per heavy atom. The summed E-state index contributed by atoms with van der Waals surface area (Å²) in [4.78, 5) is 13.8. The quantitative estimate of drug-likeness (QED) is 0.650. The van der Waals surface area contributed by atoms with Crippen LogP contribution in [-0.2, 0) is 4.79 Å². The molecular weight excluding hydrogens is 204 g/mol. The molecule has 0 fully saturated rings. The number of carbonyl (C=O) groups is 1. The molecule has 0 aromatic rings. The number of hydrogen-bond acceptors (Lipinski definition) is 3. The molecule has 2 N–H and O–H groups in total. The topological polar surface area (TPSA) is 52.6 Å². The first-order valence-corrected chi connectivity index (χ1v) is 6.15. The van der Waals surface area contributed by atoms with E-state index in [1.807, 2.05) is 11.8 Å². The molecule has 16 heavy (non-hydrogen) atoms. The molecule has 0 rings (SSSR count). The second kappa shape index (κ2) is 8.53. The minimum Gasteiger partial charge on any atom is -0.395 e. The van der Waals surface area contributed by atoms with E-state index >= 15 is 0 Å². The van der Waals surface area contributed by atoms with E-state index in [9.17, 15) is 4.79 Å². The first-order chi connectivity index (χ1) is 7.52. The summed E-state index contributed by atoms with van der Waals surface area (Å²) in [6.45, 7) is 10.3. The van der Waals surface area contributed by atoms with Crippen molar-refractivity contribution < 1.29 is 9.90 Å². The molecule has 0 aliphatic rings. The number of nitrogens with zero attached hydrogens (tertiary/aromatic N) is 1. The maximum atomic E-state index is 11.8. The highest BCUT2D eigenvalue weighted by Gasteiger charge is 2.19. The standard InChI is InChI=1S/C12H26N2O2/c1-5-6-14(7-8-15)11(4)12(16)13-9-10(2)3/h10-11,15H,5-9H2,1-4H3,(H,13,16). The zero-order valence-corrected chi connectivity index (χ0v) is 11.0. The molecule has 0 aromatic carbocycles. The van der Waals surface area contributed by atoms with Crippen LogP contribution in [0.1, 0.15) is 34.1 Å². The van der Waals surface area contributed by atoms with Crippen molar-refractivity contribution in [1.82, 2.24) is 10.2 Å². The van der Waals surface area contributed by atoms with Crippen LogP contribution in [0.2, 0.25) is 0 Å². The van der Waals surface area contributed by atoms with Crippen LogP contribution in [-0.4, -0.2) is 48.2 Å². The number of nitrogens with one attached hydrogen (secondary N) is 1. The van der Waals surface area contributed by atoms with E-state index in [2.05, 4.69) is 26.1 Å². The van der Waals surface area contributed by atoms with Crippen molar-refractivity contribution in [3.8, 4) is 0 Å². The van der Waals surface area contributed by atoms with Crippen LogP contribution >= 0.6 is 0 Å². The average Bonchev–Trinajstić information content (AvgIpc) is 2.24. The summed E-state index contributed by atoms with van der Waals surface area (Å²) in [5.41, 5.74) is 0. The van der Waals surface area contributed by atoms with Gasteiger partial charge < -0.3 is 10.4 Å². The summed E-state index contributed by atoms with van der Waals surface area (Å²) in [5.74, 6) is 0.518. The minimum absolute atomic E-state index is 0.0515. The van der Waals surface area contributed by atoms with Gasteiger partial charge in [0.25, 0.3) is 0 Å². The maximum absolute atomic E-state index is 11.8. The van der Waals surface area contributed by atoms with Crippen LogP contribution in [0.4, 0.5) is 0 Å². The van der Waals surface area contributed by atoms with Crippen LogP contribution in [0.15, 0.2) is 0 Å². The third-order valence-corrected chi connectivity index (χ3v) is 2.51. The Morgan fingerprint density at radius 2 is 1.94 bits per heavy atom. The Kier molecular flexibility index (Phi) is 8.21. The Labute approximate surface area is 99.0 Å². The molecule has 1 unspecified atom stereocenters. The van der Waals surface area contributed by atoms with Gasteiger partial charge in [-0.25, -0.2) is 0 Å². The number of aliphatic hydroxyl groups is 1. The van der Waals surface area contributed by atoms with E-state index in [-0.39, 0.29) is 18.6 Å². The lowest BCUT2D eigenvalue weighted by Gasteiger charge is -2.27. The minimum atomic E-state index is -0.161. The van der Waals surface area contributed by atoms with Gasteiger partial charge in [-0.3, -0.25) is 9.69 Å². The number of carbonyl (C=O) groups excluding carboxylic acids is 1. The second-order valence-electron chi connectivity index (χ2n) is 4.57. The molecule has 1 amide bonds. The predicted molar refractivity (Wildman–Crippen MR) is 66.3 cm³/mol. The lowest BCUT2D eigenvalue weighted by atomic mass is 10.2. The monoisotopic (exact) mass is 230 g/mol. The van der Waals surface area contributed by atoms with E-state index in [1.54, 1.807) is 0 Å². The van der Waals surface area contributed by atoms with Crippen LogP contribution in [0.3, 0.4) is 0 Å². The Morgan fingerprint density at radius 3 is 2.38 bits per heavy atom. The van der Waals surface area contributed by atoms with Crippen molar-refractivity contribution in [2.75, 3.05) is 26.2 Å². The van der Waals surface area contributed by atoms with Gasteiger partial charge >= 0.3 is 0 Å². The summed E-state index contributed by atoms with van der Waals surface area (Å²) in [7, 11) is 0. The maximum Gasteiger partial charge on any atom is 0.237 e. The van der Waals surface area contributed by atoms with Gasteiger partial charge in [0, 0.05) is 13.1 Å². The lowest BCUT2D eigenvalue weighted by molar-refractivity contribution is -0.126. The van der Waals surface area contributed by atoms with E-state index in [1.165, 1.54) is 0 Å². The number of rotatable bonds is 8. The molecule has 0 aromatic heterocycles. The molecule has 0 spiro atoms. The molecule has 0 saturated carbocycles. The number of hydrogen-bond donors (Lipinski definition) is 2. The van der Waals surface area contributed by atoms with Gasteiger partial charge in [0.15, 0.2) is 0 Å². The largest absolute Gasteiger partial charge is 0.395 e. The highest BCUT2D eigenvalue weighted by molar-refractivity contribution is 5.81. The Balaban J connectivity index is 4.13. The highest BCUT2D eigenvalue weighted by Crippen LogP contribution is 2.01. The number of amides is 1. The SMILES string of the molecule is CCCN(CCO)C(C)C(=O)NCC(C)C. The third kappa shape index (κ3) is 6.08. The molecule has 0 heterocycles. The smallest absolute Gasteiger partial charge is 0.237 e. The van der Waals surface area contributed by atoms with E-state index < -0.39 is 0 Å². The van der Waals surface area contributed by atoms with Crippen molar-refractivity contribution in [2.45, 2.75) is 40.2 Å². The first-order valence-electron chi connectivity index (χ1n) is 6.15. The Hall–Kier alpha value is -0.610. The van der Waals surface area contributed by atoms with Gasteiger partial charge in [0.2, 0.25) is 5.91 Å². The molecular formula is C12H26N2O2. The van der Waals surface area contributed by atoms with Gasteiger partial charge in [-0.1, -0.05) is 20.8 Å². The van der Waals surface area contributed by atoms with Crippen LogP contribution in [0, 0.1) is 5.92 Å². The second-order valence-corrected chi connectivity index (χ2v) is 4.57. The fourth-order valence-corrected chi connectivity index (χ4v) is 1.53. The van der Waals surface area contributed by atoms with Crippen LogP contribution in [0.5, 0.6) is 0 Å². The molecule has 0 saturated heterocycles.